The van der Waals surface area contributed by atoms with E-state index in [9.17, 15) is 5.11 Å². The van der Waals surface area contributed by atoms with Crippen molar-refractivity contribution in [2.75, 3.05) is 26.3 Å². The van der Waals surface area contributed by atoms with Gasteiger partial charge in [0, 0.05) is 6.54 Å². The van der Waals surface area contributed by atoms with Gasteiger partial charge in [-0.05, 0) is 44.5 Å². The summed E-state index contributed by atoms with van der Waals surface area (Å²) < 4.78 is 11.1. The molecule has 0 aliphatic rings. The summed E-state index contributed by atoms with van der Waals surface area (Å²) in [6, 6.07) is 5.61. The third kappa shape index (κ3) is 5.39. The molecule has 0 aliphatic carbocycles. The standard InChI is InChI=1S/C16H27NO3/c1-4-7-10-17-12-14(18)13-8-9-15(19-5-2)16(11-13)20-6-3/h8-9,11,14,17-18H,4-7,10,12H2,1-3H3. The molecule has 1 unspecified atom stereocenters. The summed E-state index contributed by atoms with van der Waals surface area (Å²) in [4.78, 5) is 0. The Kier molecular flexibility index (Phi) is 8.07. The number of hydrogen-bond donors (Lipinski definition) is 2. The van der Waals surface area contributed by atoms with Crippen LogP contribution in [0.2, 0.25) is 0 Å². The second kappa shape index (κ2) is 9.61. The van der Waals surface area contributed by atoms with Gasteiger partial charge in [-0.2, -0.15) is 0 Å². The average Bonchev–Trinajstić information content (AvgIpc) is 2.45. The maximum atomic E-state index is 10.2. The Balaban J connectivity index is 2.66. The van der Waals surface area contributed by atoms with E-state index in [0.29, 0.717) is 25.5 Å². The lowest BCUT2D eigenvalue weighted by Gasteiger charge is -2.16. The van der Waals surface area contributed by atoms with Crippen molar-refractivity contribution >= 4 is 0 Å². The summed E-state index contributed by atoms with van der Waals surface area (Å²) in [5.41, 5.74) is 0.848. The van der Waals surface area contributed by atoms with Gasteiger partial charge in [0.05, 0.1) is 19.3 Å². The lowest BCUT2D eigenvalue weighted by Crippen LogP contribution is -2.22. The molecule has 20 heavy (non-hydrogen) atoms. The van der Waals surface area contributed by atoms with Gasteiger partial charge in [-0.15, -0.1) is 0 Å². The maximum absolute atomic E-state index is 10.2. The molecule has 0 fully saturated rings. The van der Waals surface area contributed by atoms with Crippen LogP contribution in [0.5, 0.6) is 11.5 Å². The van der Waals surface area contributed by atoms with Crippen molar-refractivity contribution < 1.29 is 14.6 Å². The first-order valence-corrected chi connectivity index (χ1v) is 7.51. The molecule has 2 N–H and O–H groups in total. The normalized spacial score (nSPS) is 12.2. The molecule has 4 heteroatoms. The van der Waals surface area contributed by atoms with Gasteiger partial charge in [-0.1, -0.05) is 19.4 Å². The summed E-state index contributed by atoms with van der Waals surface area (Å²) in [6.07, 6.45) is 1.75. The lowest BCUT2D eigenvalue weighted by atomic mass is 10.1. The summed E-state index contributed by atoms with van der Waals surface area (Å²) in [6.45, 7) is 8.69. The minimum atomic E-state index is -0.526. The summed E-state index contributed by atoms with van der Waals surface area (Å²) in [5.74, 6) is 1.42. The van der Waals surface area contributed by atoms with Gasteiger partial charge in [-0.25, -0.2) is 0 Å². The second-order valence-corrected chi connectivity index (χ2v) is 4.65. The first-order chi connectivity index (χ1) is 9.72. The fourth-order valence-corrected chi connectivity index (χ4v) is 1.93. The molecule has 1 aromatic rings. The van der Waals surface area contributed by atoms with Crippen LogP contribution < -0.4 is 14.8 Å². The van der Waals surface area contributed by atoms with E-state index in [-0.39, 0.29) is 0 Å². The van der Waals surface area contributed by atoms with Gasteiger partial charge in [0.2, 0.25) is 0 Å². The third-order valence-corrected chi connectivity index (χ3v) is 3.00. The van der Waals surface area contributed by atoms with Crippen molar-refractivity contribution in [2.24, 2.45) is 0 Å². The van der Waals surface area contributed by atoms with Crippen LogP contribution in [0.3, 0.4) is 0 Å². The summed E-state index contributed by atoms with van der Waals surface area (Å²) in [7, 11) is 0. The molecule has 1 aromatic carbocycles. The molecule has 0 heterocycles. The quantitative estimate of drug-likeness (QED) is 0.647. The van der Waals surface area contributed by atoms with Gasteiger partial charge in [-0.3, -0.25) is 0 Å². The molecular weight excluding hydrogens is 254 g/mol. The topological polar surface area (TPSA) is 50.7 Å². The van der Waals surface area contributed by atoms with Crippen molar-refractivity contribution in [1.82, 2.24) is 5.32 Å². The van der Waals surface area contributed by atoms with Gasteiger partial charge in [0.15, 0.2) is 11.5 Å². The van der Waals surface area contributed by atoms with Crippen LogP contribution in [0.25, 0.3) is 0 Å². The van der Waals surface area contributed by atoms with E-state index in [0.717, 1.165) is 30.7 Å². The molecule has 0 amide bonds. The molecule has 1 atom stereocenters. The minimum Gasteiger partial charge on any atom is -0.490 e. The Hall–Kier alpha value is -1.26. The zero-order valence-electron chi connectivity index (χ0n) is 12.8. The van der Waals surface area contributed by atoms with Crippen LogP contribution in [0, 0.1) is 0 Å². The van der Waals surface area contributed by atoms with E-state index >= 15 is 0 Å². The number of unbranched alkanes of at least 4 members (excludes halogenated alkanes) is 1. The Labute approximate surface area is 122 Å². The first-order valence-electron chi connectivity index (χ1n) is 7.51. The predicted molar refractivity (Wildman–Crippen MR) is 81.5 cm³/mol. The number of aliphatic hydroxyl groups is 1. The number of rotatable bonds is 10. The maximum Gasteiger partial charge on any atom is 0.161 e. The van der Waals surface area contributed by atoms with Gasteiger partial charge >= 0.3 is 0 Å². The molecule has 0 spiro atoms. The summed E-state index contributed by atoms with van der Waals surface area (Å²) in [5, 5.41) is 13.4. The number of aliphatic hydroxyl groups excluding tert-OH is 1. The Morgan fingerprint density at radius 3 is 2.45 bits per heavy atom. The molecule has 0 aromatic heterocycles. The molecule has 114 valence electrons. The number of hydrogen-bond acceptors (Lipinski definition) is 4. The lowest BCUT2D eigenvalue weighted by molar-refractivity contribution is 0.174. The first kappa shape index (κ1) is 16.8. The van der Waals surface area contributed by atoms with Crippen LogP contribution in [-0.4, -0.2) is 31.4 Å². The smallest absolute Gasteiger partial charge is 0.161 e. The van der Waals surface area contributed by atoms with Crippen LogP contribution in [-0.2, 0) is 0 Å². The zero-order valence-corrected chi connectivity index (χ0v) is 12.8. The second-order valence-electron chi connectivity index (χ2n) is 4.65. The fraction of sp³-hybridized carbons (Fsp3) is 0.625. The van der Waals surface area contributed by atoms with Crippen molar-refractivity contribution in [3.05, 3.63) is 23.8 Å². The van der Waals surface area contributed by atoms with Gasteiger partial charge in [0.1, 0.15) is 0 Å². The van der Waals surface area contributed by atoms with Crippen molar-refractivity contribution in [3.8, 4) is 11.5 Å². The average molecular weight is 281 g/mol. The number of benzene rings is 1. The molecule has 0 aliphatic heterocycles. The van der Waals surface area contributed by atoms with Crippen LogP contribution >= 0.6 is 0 Å². The highest BCUT2D eigenvalue weighted by Gasteiger charge is 2.12. The molecule has 0 bridgehead atoms. The Morgan fingerprint density at radius 1 is 1.10 bits per heavy atom. The third-order valence-electron chi connectivity index (χ3n) is 3.00. The SMILES string of the molecule is CCCCNCC(O)c1ccc(OCC)c(OCC)c1. The van der Waals surface area contributed by atoms with E-state index in [1.54, 1.807) is 0 Å². The molecule has 0 saturated carbocycles. The van der Waals surface area contributed by atoms with Crippen molar-refractivity contribution in [1.29, 1.82) is 0 Å². The number of ether oxygens (including phenoxy) is 2. The van der Waals surface area contributed by atoms with E-state index in [2.05, 4.69) is 12.2 Å². The van der Waals surface area contributed by atoms with E-state index in [1.165, 1.54) is 0 Å². The van der Waals surface area contributed by atoms with Crippen molar-refractivity contribution in [2.45, 2.75) is 39.7 Å². The minimum absolute atomic E-state index is 0.526. The molecule has 1 rings (SSSR count). The molecule has 4 nitrogen and oxygen atoms in total. The largest absolute Gasteiger partial charge is 0.490 e. The molecule has 0 saturated heterocycles. The van der Waals surface area contributed by atoms with Crippen LogP contribution in [0.1, 0.15) is 45.3 Å². The fourth-order valence-electron chi connectivity index (χ4n) is 1.93. The molecule has 0 radical (unpaired) electrons. The van der Waals surface area contributed by atoms with Gasteiger partial charge in [0.25, 0.3) is 0 Å². The van der Waals surface area contributed by atoms with Crippen LogP contribution in [0.15, 0.2) is 18.2 Å². The monoisotopic (exact) mass is 281 g/mol. The van der Waals surface area contributed by atoms with Crippen LogP contribution in [0.4, 0.5) is 0 Å². The molecular formula is C16H27NO3. The highest BCUT2D eigenvalue weighted by Crippen LogP contribution is 2.30. The zero-order chi connectivity index (χ0) is 14.8. The van der Waals surface area contributed by atoms with Crippen molar-refractivity contribution in [3.63, 3.8) is 0 Å². The van der Waals surface area contributed by atoms with E-state index in [4.69, 9.17) is 9.47 Å². The highest BCUT2D eigenvalue weighted by atomic mass is 16.5. The van der Waals surface area contributed by atoms with E-state index < -0.39 is 6.10 Å². The Morgan fingerprint density at radius 2 is 1.80 bits per heavy atom. The Bertz CT molecular complexity index is 382. The van der Waals surface area contributed by atoms with E-state index in [1.807, 2.05) is 32.0 Å². The number of nitrogens with one attached hydrogen (secondary N) is 1. The summed E-state index contributed by atoms with van der Waals surface area (Å²) >= 11 is 0. The highest BCUT2D eigenvalue weighted by molar-refractivity contribution is 5.43. The van der Waals surface area contributed by atoms with Gasteiger partial charge < -0.3 is 19.9 Å². The predicted octanol–water partition coefficient (Wildman–Crippen LogP) is 2.91.